The summed E-state index contributed by atoms with van der Waals surface area (Å²) in [7, 11) is 3.83. The summed E-state index contributed by atoms with van der Waals surface area (Å²) in [5.41, 5.74) is 3.13. The van der Waals surface area contributed by atoms with Gasteiger partial charge in [0.25, 0.3) is 11.7 Å². The quantitative estimate of drug-likeness (QED) is 0.136. The van der Waals surface area contributed by atoms with Gasteiger partial charge in [0, 0.05) is 18.7 Å². The van der Waals surface area contributed by atoms with Gasteiger partial charge in [0.1, 0.15) is 23.9 Å². The second kappa shape index (κ2) is 13.3. The highest BCUT2D eigenvalue weighted by Crippen LogP contribution is 2.40. The molecule has 40 heavy (non-hydrogen) atoms. The number of benzene rings is 3. The number of hydrogen-bond donors (Lipinski definition) is 1. The number of nitrogens with zero attached hydrogens (tertiary/aromatic N) is 2. The van der Waals surface area contributed by atoms with Crippen LogP contribution < -0.4 is 9.47 Å². The molecule has 4 rings (SSSR count). The third kappa shape index (κ3) is 6.72. The maximum Gasteiger partial charge on any atom is 0.295 e. The molecular formula is C33H38N2O5. The number of carbonyl (C=O) groups excluding carboxylic acids is 2. The second-order valence-electron chi connectivity index (χ2n) is 10.3. The molecule has 7 nitrogen and oxygen atoms in total. The number of likely N-dealkylation sites (N-methyl/N-ethyl adjacent to an activating group) is 1. The van der Waals surface area contributed by atoms with E-state index in [-0.39, 0.29) is 11.3 Å². The molecule has 0 radical (unpaired) electrons. The number of ketones is 1. The minimum atomic E-state index is -0.719. The number of amides is 1. The molecule has 0 spiro atoms. The number of aliphatic hydroxyl groups excluding tert-OH is 1. The van der Waals surface area contributed by atoms with Crippen molar-refractivity contribution in [2.45, 2.75) is 39.3 Å². The Morgan fingerprint density at radius 1 is 0.950 bits per heavy atom. The van der Waals surface area contributed by atoms with Crippen LogP contribution in [-0.4, -0.2) is 60.4 Å². The minimum Gasteiger partial charge on any atom is -0.507 e. The molecule has 1 N–H and O–H groups in total. The van der Waals surface area contributed by atoms with E-state index in [0.29, 0.717) is 43.4 Å². The highest BCUT2D eigenvalue weighted by Gasteiger charge is 2.46. The van der Waals surface area contributed by atoms with Crippen molar-refractivity contribution in [3.05, 3.63) is 101 Å². The Balaban J connectivity index is 1.67. The number of aryl methyl sites for hydroxylation is 1. The Kier molecular flexibility index (Phi) is 9.61. The minimum absolute atomic E-state index is 0.0875. The fourth-order valence-corrected chi connectivity index (χ4v) is 4.72. The predicted octanol–water partition coefficient (Wildman–Crippen LogP) is 5.74. The fraction of sp³-hybridized carbons (Fsp3) is 0.333. The molecule has 0 aliphatic carbocycles. The molecule has 3 aromatic carbocycles. The normalized spacial score (nSPS) is 16.5. The highest BCUT2D eigenvalue weighted by molar-refractivity contribution is 6.46. The summed E-state index contributed by atoms with van der Waals surface area (Å²) in [5.74, 6) is -0.107. The lowest BCUT2D eigenvalue weighted by Gasteiger charge is -2.27. The first kappa shape index (κ1) is 28.9. The molecule has 7 heteroatoms. The third-order valence-corrected chi connectivity index (χ3v) is 6.99. The Morgan fingerprint density at radius 2 is 1.65 bits per heavy atom. The molecule has 0 saturated carbocycles. The molecule has 210 valence electrons. The number of aliphatic hydroxyl groups is 1. The van der Waals surface area contributed by atoms with E-state index in [2.05, 4.69) is 6.92 Å². The molecule has 1 aliphatic heterocycles. The second-order valence-corrected chi connectivity index (χ2v) is 10.3. The summed E-state index contributed by atoms with van der Waals surface area (Å²) in [6, 6.07) is 21.9. The largest absolute Gasteiger partial charge is 0.507 e. The van der Waals surface area contributed by atoms with E-state index in [0.717, 1.165) is 29.5 Å². The van der Waals surface area contributed by atoms with E-state index in [9.17, 15) is 14.7 Å². The van der Waals surface area contributed by atoms with Crippen LogP contribution in [0, 0.1) is 6.92 Å². The van der Waals surface area contributed by atoms with Gasteiger partial charge in [-0.1, -0.05) is 55.8 Å². The van der Waals surface area contributed by atoms with Crippen molar-refractivity contribution in [1.82, 2.24) is 9.80 Å². The van der Waals surface area contributed by atoms with Crippen molar-refractivity contribution in [2.75, 3.05) is 33.8 Å². The van der Waals surface area contributed by atoms with Crippen molar-refractivity contribution < 1.29 is 24.2 Å². The summed E-state index contributed by atoms with van der Waals surface area (Å²) in [6.07, 6.45) is 1.99. The first-order valence-electron chi connectivity index (χ1n) is 13.7. The topological polar surface area (TPSA) is 79.3 Å². The number of carbonyl (C=O) groups is 2. The van der Waals surface area contributed by atoms with Gasteiger partial charge in [0.05, 0.1) is 18.2 Å². The molecule has 1 amide bonds. The smallest absolute Gasteiger partial charge is 0.295 e. The van der Waals surface area contributed by atoms with Gasteiger partial charge in [-0.2, -0.15) is 0 Å². The first-order valence-corrected chi connectivity index (χ1v) is 13.7. The van der Waals surface area contributed by atoms with Crippen LogP contribution in [-0.2, 0) is 16.2 Å². The maximum absolute atomic E-state index is 13.4. The molecule has 3 aromatic rings. The van der Waals surface area contributed by atoms with Gasteiger partial charge in [0.15, 0.2) is 0 Å². The summed E-state index contributed by atoms with van der Waals surface area (Å²) in [5, 5.41) is 11.5. The van der Waals surface area contributed by atoms with Gasteiger partial charge in [-0.15, -0.1) is 0 Å². The fourth-order valence-electron chi connectivity index (χ4n) is 4.72. The van der Waals surface area contributed by atoms with E-state index < -0.39 is 17.7 Å². The zero-order valence-corrected chi connectivity index (χ0v) is 23.7. The Labute approximate surface area is 236 Å². The lowest BCUT2D eigenvalue weighted by molar-refractivity contribution is -0.140. The molecule has 0 aromatic heterocycles. The van der Waals surface area contributed by atoms with Crippen molar-refractivity contribution in [3.8, 4) is 11.5 Å². The van der Waals surface area contributed by atoms with E-state index in [1.54, 1.807) is 17.0 Å². The highest BCUT2D eigenvalue weighted by atomic mass is 16.5. The maximum atomic E-state index is 13.4. The van der Waals surface area contributed by atoms with Gasteiger partial charge >= 0.3 is 0 Å². The van der Waals surface area contributed by atoms with Crippen LogP contribution in [0.2, 0.25) is 0 Å². The lowest BCUT2D eigenvalue weighted by atomic mass is 9.94. The number of likely N-dealkylation sites (tertiary alicyclic amines) is 1. The predicted molar refractivity (Wildman–Crippen MR) is 156 cm³/mol. The van der Waals surface area contributed by atoms with E-state index in [4.69, 9.17) is 9.47 Å². The Morgan fingerprint density at radius 3 is 2.30 bits per heavy atom. The summed E-state index contributed by atoms with van der Waals surface area (Å²) in [4.78, 5) is 30.1. The number of hydrogen-bond acceptors (Lipinski definition) is 6. The number of ether oxygens (including phenoxy) is 2. The van der Waals surface area contributed by atoms with Crippen LogP contribution in [0.5, 0.6) is 11.5 Å². The van der Waals surface area contributed by atoms with E-state index in [1.165, 1.54) is 0 Å². The van der Waals surface area contributed by atoms with Crippen molar-refractivity contribution in [3.63, 3.8) is 0 Å². The van der Waals surface area contributed by atoms with Crippen LogP contribution in [0.15, 0.2) is 78.4 Å². The van der Waals surface area contributed by atoms with Crippen molar-refractivity contribution in [2.24, 2.45) is 0 Å². The number of Topliss-reactive ketones (excluding diaryl/α,β-unsaturated/α-hetero) is 1. The third-order valence-electron chi connectivity index (χ3n) is 6.99. The monoisotopic (exact) mass is 542 g/mol. The molecule has 1 unspecified atom stereocenters. The zero-order valence-electron chi connectivity index (χ0n) is 23.7. The SMILES string of the molecule is CCCCOc1ccc(C(O)=C2C(=O)C(=O)N(CCN(C)C)C2c2ccc(OCc3ccccc3)cc2)c(C)c1. The van der Waals surface area contributed by atoms with Crippen LogP contribution in [0.4, 0.5) is 0 Å². The average molecular weight is 543 g/mol. The lowest BCUT2D eigenvalue weighted by Crippen LogP contribution is -2.35. The van der Waals surface area contributed by atoms with E-state index >= 15 is 0 Å². The van der Waals surface area contributed by atoms with E-state index in [1.807, 2.05) is 86.6 Å². The summed E-state index contributed by atoms with van der Waals surface area (Å²) >= 11 is 0. The van der Waals surface area contributed by atoms with Crippen LogP contribution >= 0.6 is 0 Å². The van der Waals surface area contributed by atoms with Gasteiger partial charge in [0.2, 0.25) is 0 Å². The van der Waals surface area contributed by atoms with Gasteiger partial charge in [-0.3, -0.25) is 9.59 Å². The van der Waals surface area contributed by atoms with Crippen LogP contribution in [0.1, 0.15) is 48.1 Å². The first-order chi connectivity index (χ1) is 19.3. The van der Waals surface area contributed by atoms with Gasteiger partial charge in [-0.25, -0.2) is 0 Å². The Bertz CT molecular complexity index is 1350. The summed E-state index contributed by atoms with van der Waals surface area (Å²) in [6.45, 7) is 5.92. The van der Waals surface area contributed by atoms with Gasteiger partial charge < -0.3 is 24.4 Å². The molecular weight excluding hydrogens is 504 g/mol. The summed E-state index contributed by atoms with van der Waals surface area (Å²) < 4.78 is 11.7. The molecule has 1 atom stereocenters. The zero-order chi connectivity index (χ0) is 28.6. The number of unbranched alkanes of at least 4 members (excludes halogenated alkanes) is 1. The molecule has 1 heterocycles. The molecule has 0 bridgehead atoms. The van der Waals surface area contributed by atoms with Gasteiger partial charge in [-0.05, 0) is 74.5 Å². The molecule has 1 saturated heterocycles. The van der Waals surface area contributed by atoms with Crippen LogP contribution in [0.25, 0.3) is 5.76 Å². The molecule has 1 aliphatic rings. The standard InChI is InChI=1S/C33H38N2O5/c1-5-6-20-39-27-16-17-28(23(2)21-27)31(36)29-30(35(19-18-34(3)4)33(38)32(29)37)25-12-14-26(15-13-25)40-22-24-10-8-7-9-11-24/h7-17,21,30,36H,5-6,18-20,22H2,1-4H3. The van der Waals surface area contributed by atoms with Crippen LogP contribution in [0.3, 0.4) is 0 Å². The Hall–Kier alpha value is -4.10. The van der Waals surface area contributed by atoms with Crippen molar-refractivity contribution in [1.29, 1.82) is 0 Å². The molecule has 1 fully saturated rings. The number of rotatable bonds is 12. The average Bonchev–Trinajstić information content (AvgIpc) is 3.20. The van der Waals surface area contributed by atoms with Crippen molar-refractivity contribution >= 4 is 17.4 Å².